The van der Waals surface area contributed by atoms with Crippen LogP contribution >= 0.6 is 11.6 Å². The van der Waals surface area contributed by atoms with E-state index in [2.05, 4.69) is 14.9 Å². The second-order valence-electron chi connectivity index (χ2n) is 4.37. The Kier molecular flexibility index (Phi) is 4.18. The van der Waals surface area contributed by atoms with Crippen LogP contribution in [0.3, 0.4) is 0 Å². The maximum atomic E-state index is 6.00. The standard InChI is InChI=1S/C12H18ClN3O/c1-3-11-14-10(13)6-12(15-11)16-5-4-9(7-16)8-17-2/h6,9H,3-5,7-8H2,1-2H3. The minimum Gasteiger partial charge on any atom is -0.384 e. The van der Waals surface area contributed by atoms with Crippen LogP contribution in [0.25, 0.3) is 0 Å². The Balaban J connectivity index is 2.10. The van der Waals surface area contributed by atoms with Crippen LogP contribution in [0.2, 0.25) is 5.15 Å². The van der Waals surface area contributed by atoms with Crippen molar-refractivity contribution in [3.63, 3.8) is 0 Å². The molecular formula is C12H18ClN3O. The lowest BCUT2D eigenvalue weighted by Gasteiger charge is -2.18. The van der Waals surface area contributed by atoms with Crippen LogP contribution in [0.4, 0.5) is 5.82 Å². The van der Waals surface area contributed by atoms with Crippen LogP contribution < -0.4 is 4.90 Å². The number of halogens is 1. The normalized spacial score (nSPS) is 19.9. The van der Waals surface area contributed by atoms with Crippen molar-refractivity contribution < 1.29 is 4.74 Å². The molecule has 0 radical (unpaired) electrons. The van der Waals surface area contributed by atoms with Crippen molar-refractivity contribution in [3.8, 4) is 0 Å². The molecule has 1 aromatic heterocycles. The van der Waals surface area contributed by atoms with Gasteiger partial charge in [0.15, 0.2) is 0 Å². The third-order valence-corrected chi connectivity index (χ3v) is 3.25. The largest absolute Gasteiger partial charge is 0.384 e. The predicted octanol–water partition coefficient (Wildman–Crippen LogP) is 2.17. The molecule has 1 fully saturated rings. The molecule has 94 valence electrons. The highest BCUT2D eigenvalue weighted by Crippen LogP contribution is 2.24. The van der Waals surface area contributed by atoms with Crippen molar-refractivity contribution in [2.24, 2.45) is 5.92 Å². The number of ether oxygens (including phenoxy) is 1. The molecule has 1 aromatic rings. The summed E-state index contributed by atoms with van der Waals surface area (Å²) in [6, 6.07) is 1.84. The lowest BCUT2D eigenvalue weighted by molar-refractivity contribution is 0.161. The molecule has 17 heavy (non-hydrogen) atoms. The molecule has 2 heterocycles. The van der Waals surface area contributed by atoms with Crippen LogP contribution in [0, 0.1) is 5.92 Å². The quantitative estimate of drug-likeness (QED) is 0.773. The zero-order chi connectivity index (χ0) is 12.3. The average Bonchev–Trinajstić information content (AvgIpc) is 2.77. The molecule has 1 saturated heterocycles. The molecule has 0 bridgehead atoms. The van der Waals surface area contributed by atoms with E-state index in [9.17, 15) is 0 Å². The van der Waals surface area contributed by atoms with Crippen molar-refractivity contribution >= 4 is 17.4 Å². The Morgan fingerprint density at radius 3 is 3.06 bits per heavy atom. The molecule has 1 aliphatic heterocycles. The Hall–Kier alpha value is -0.870. The zero-order valence-electron chi connectivity index (χ0n) is 10.3. The number of aromatic nitrogens is 2. The first-order valence-electron chi connectivity index (χ1n) is 6.00. The van der Waals surface area contributed by atoms with Gasteiger partial charge in [0.2, 0.25) is 0 Å². The summed E-state index contributed by atoms with van der Waals surface area (Å²) in [5.41, 5.74) is 0. The van der Waals surface area contributed by atoms with E-state index in [4.69, 9.17) is 16.3 Å². The van der Waals surface area contributed by atoms with Gasteiger partial charge in [0.25, 0.3) is 0 Å². The highest BCUT2D eigenvalue weighted by molar-refractivity contribution is 6.29. The van der Waals surface area contributed by atoms with E-state index in [1.807, 2.05) is 13.0 Å². The van der Waals surface area contributed by atoms with E-state index in [1.165, 1.54) is 0 Å². The molecule has 0 N–H and O–H groups in total. The summed E-state index contributed by atoms with van der Waals surface area (Å²) in [4.78, 5) is 11.0. The summed E-state index contributed by atoms with van der Waals surface area (Å²) in [5, 5.41) is 0.530. The van der Waals surface area contributed by atoms with E-state index in [0.717, 1.165) is 44.2 Å². The Morgan fingerprint density at radius 2 is 2.35 bits per heavy atom. The second kappa shape index (κ2) is 5.65. The lowest BCUT2D eigenvalue weighted by atomic mass is 10.1. The monoisotopic (exact) mass is 255 g/mol. The smallest absolute Gasteiger partial charge is 0.134 e. The van der Waals surface area contributed by atoms with Crippen molar-refractivity contribution in [1.82, 2.24) is 9.97 Å². The summed E-state index contributed by atoms with van der Waals surface area (Å²) < 4.78 is 5.19. The Morgan fingerprint density at radius 1 is 1.53 bits per heavy atom. The molecule has 1 atom stereocenters. The van der Waals surface area contributed by atoms with Crippen molar-refractivity contribution in [2.45, 2.75) is 19.8 Å². The number of hydrogen-bond acceptors (Lipinski definition) is 4. The van der Waals surface area contributed by atoms with E-state index in [0.29, 0.717) is 11.1 Å². The number of anilines is 1. The molecule has 1 unspecified atom stereocenters. The molecule has 0 aliphatic carbocycles. The first kappa shape index (κ1) is 12.6. The van der Waals surface area contributed by atoms with E-state index in [-0.39, 0.29) is 0 Å². The molecule has 4 nitrogen and oxygen atoms in total. The first-order valence-corrected chi connectivity index (χ1v) is 6.38. The maximum absolute atomic E-state index is 6.00. The van der Waals surface area contributed by atoms with E-state index in [1.54, 1.807) is 7.11 Å². The average molecular weight is 256 g/mol. The molecule has 0 aromatic carbocycles. The topological polar surface area (TPSA) is 38.2 Å². The van der Waals surface area contributed by atoms with Crippen LogP contribution in [0.15, 0.2) is 6.07 Å². The molecule has 1 aliphatic rings. The molecule has 2 rings (SSSR count). The van der Waals surface area contributed by atoms with Gasteiger partial charge in [-0.2, -0.15) is 0 Å². The summed E-state index contributed by atoms with van der Waals surface area (Å²) in [5.74, 6) is 2.35. The maximum Gasteiger partial charge on any atom is 0.134 e. The van der Waals surface area contributed by atoms with Crippen LogP contribution in [-0.4, -0.2) is 36.8 Å². The SMILES string of the molecule is CCc1nc(Cl)cc(N2CCC(COC)C2)n1. The van der Waals surface area contributed by atoms with Crippen molar-refractivity contribution in [3.05, 3.63) is 17.0 Å². The van der Waals surface area contributed by atoms with Gasteiger partial charge in [-0.3, -0.25) is 0 Å². The van der Waals surface area contributed by atoms with E-state index >= 15 is 0 Å². The Bertz CT molecular complexity index is 386. The van der Waals surface area contributed by atoms with Gasteiger partial charge < -0.3 is 9.64 Å². The third kappa shape index (κ3) is 3.07. The zero-order valence-corrected chi connectivity index (χ0v) is 11.1. The van der Waals surface area contributed by atoms with Crippen molar-refractivity contribution in [2.75, 3.05) is 31.7 Å². The van der Waals surface area contributed by atoms with Crippen LogP contribution in [0.5, 0.6) is 0 Å². The van der Waals surface area contributed by atoms with Gasteiger partial charge in [0.1, 0.15) is 16.8 Å². The number of rotatable bonds is 4. The van der Waals surface area contributed by atoms with Crippen LogP contribution in [-0.2, 0) is 11.2 Å². The fourth-order valence-corrected chi connectivity index (χ4v) is 2.38. The first-order chi connectivity index (χ1) is 8.22. The highest BCUT2D eigenvalue weighted by atomic mass is 35.5. The van der Waals surface area contributed by atoms with Gasteiger partial charge in [0, 0.05) is 38.6 Å². The lowest BCUT2D eigenvalue weighted by Crippen LogP contribution is -2.22. The fourth-order valence-electron chi connectivity index (χ4n) is 2.18. The van der Waals surface area contributed by atoms with E-state index < -0.39 is 0 Å². The predicted molar refractivity (Wildman–Crippen MR) is 68.6 cm³/mol. The summed E-state index contributed by atoms with van der Waals surface area (Å²) in [6.07, 6.45) is 1.96. The van der Waals surface area contributed by atoms with Gasteiger partial charge in [0.05, 0.1) is 6.61 Å². The number of aryl methyl sites for hydroxylation is 1. The van der Waals surface area contributed by atoms with Gasteiger partial charge in [-0.15, -0.1) is 0 Å². The van der Waals surface area contributed by atoms with Gasteiger partial charge in [-0.1, -0.05) is 18.5 Å². The molecule has 0 spiro atoms. The van der Waals surface area contributed by atoms with Gasteiger partial charge in [-0.25, -0.2) is 9.97 Å². The minimum absolute atomic E-state index is 0.530. The number of nitrogens with zero attached hydrogens (tertiary/aromatic N) is 3. The molecular weight excluding hydrogens is 238 g/mol. The Labute approximate surface area is 107 Å². The van der Waals surface area contributed by atoms with Crippen LogP contribution in [0.1, 0.15) is 19.2 Å². The second-order valence-corrected chi connectivity index (χ2v) is 4.76. The summed E-state index contributed by atoms with van der Waals surface area (Å²) in [6.45, 7) is 4.86. The fraction of sp³-hybridized carbons (Fsp3) is 0.667. The molecule has 0 amide bonds. The molecule has 5 heteroatoms. The molecule has 0 saturated carbocycles. The minimum atomic E-state index is 0.530. The number of methoxy groups -OCH3 is 1. The highest BCUT2D eigenvalue weighted by Gasteiger charge is 2.23. The number of hydrogen-bond donors (Lipinski definition) is 0. The van der Waals surface area contributed by atoms with Gasteiger partial charge >= 0.3 is 0 Å². The summed E-state index contributed by atoms with van der Waals surface area (Å²) >= 11 is 6.00. The van der Waals surface area contributed by atoms with Crippen molar-refractivity contribution in [1.29, 1.82) is 0 Å². The third-order valence-electron chi connectivity index (χ3n) is 3.06. The summed E-state index contributed by atoms with van der Waals surface area (Å²) in [7, 11) is 1.75. The van der Waals surface area contributed by atoms with Gasteiger partial charge in [-0.05, 0) is 6.42 Å².